The van der Waals surface area contributed by atoms with Crippen molar-refractivity contribution in [2.75, 3.05) is 5.32 Å². The standard InChI is InChI=1S/C24H23ClN4O3S/c1-13(2)32-23(31)18-14(3)27-21-20(19(18)15-8-10-26-11-9-15)22(30)29-24(28-21)33-12-16-6-4-5-7-17(16)25/h4-11,13,19H,12H2,1-3H3,(H2,27,28,29,30). The number of esters is 1. The lowest BCUT2D eigenvalue weighted by atomic mass is 9.83. The lowest BCUT2D eigenvalue weighted by molar-refractivity contribution is -0.143. The molecule has 1 atom stereocenters. The van der Waals surface area contributed by atoms with Crippen LogP contribution in [0.2, 0.25) is 5.02 Å². The monoisotopic (exact) mass is 482 g/mol. The summed E-state index contributed by atoms with van der Waals surface area (Å²) in [5.74, 6) is -0.134. The van der Waals surface area contributed by atoms with Crippen molar-refractivity contribution >= 4 is 35.1 Å². The number of allylic oxidation sites excluding steroid dienone is 1. The van der Waals surface area contributed by atoms with Gasteiger partial charge in [0, 0.05) is 28.9 Å². The Bertz CT molecular complexity index is 1270. The molecule has 33 heavy (non-hydrogen) atoms. The summed E-state index contributed by atoms with van der Waals surface area (Å²) in [6.07, 6.45) is 2.97. The Morgan fingerprint density at radius 2 is 1.94 bits per heavy atom. The molecule has 7 nitrogen and oxygen atoms in total. The topological polar surface area (TPSA) is 97.0 Å². The normalized spacial score (nSPS) is 15.2. The number of carbonyl (C=O) groups excluding carboxylic acids is 1. The van der Waals surface area contributed by atoms with Gasteiger partial charge in [-0.25, -0.2) is 9.78 Å². The summed E-state index contributed by atoms with van der Waals surface area (Å²) in [6, 6.07) is 11.1. The van der Waals surface area contributed by atoms with Gasteiger partial charge in [0.25, 0.3) is 5.56 Å². The van der Waals surface area contributed by atoms with Crippen molar-refractivity contribution < 1.29 is 9.53 Å². The molecule has 9 heteroatoms. The van der Waals surface area contributed by atoms with Crippen molar-refractivity contribution in [3.63, 3.8) is 0 Å². The number of halogens is 1. The average molecular weight is 483 g/mol. The van der Waals surface area contributed by atoms with Crippen LogP contribution in [0.15, 0.2) is 70.0 Å². The molecule has 0 spiro atoms. The predicted molar refractivity (Wildman–Crippen MR) is 130 cm³/mol. The highest BCUT2D eigenvalue weighted by atomic mass is 35.5. The van der Waals surface area contributed by atoms with E-state index in [-0.39, 0.29) is 11.7 Å². The Morgan fingerprint density at radius 1 is 1.21 bits per heavy atom. The van der Waals surface area contributed by atoms with E-state index in [1.807, 2.05) is 24.3 Å². The first-order valence-corrected chi connectivity index (χ1v) is 11.8. The second-order valence-corrected chi connectivity index (χ2v) is 9.22. The van der Waals surface area contributed by atoms with Crippen molar-refractivity contribution in [2.24, 2.45) is 0 Å². The Morgan fingerprint density at radius 3 is 2.64 bits per heavy atom. The molecule has 0 bridgehead atoms. The van der Waals surface area contributed by atoms with Gasteiger partial charge in [-0.3, -0.25) is 9.78 Å². The molecule has 3 aromatic rings. The molecular weight excluding hydrogens is 460 g/mol. The molecule has 0 aliphatic carbocycles. The summed E-state index contributed by atoms with van der Waals surface area (Å²) in [6.45, 7) is 5.36. The quantitative estimate of drug-likeness (QED) is 0.293. The van der Waals surface area contributed by atoms with Crippen LogP contribution in [-0.4, -0.2) is 27.0 Å². The van der Waals surface area contributed by atoms with Crippen LogP contribution in [0.3, 0.4) is 0 Å². The molecular formula is C24H23ClN4O3S. The Labute approximate surface area is 200 Å². The molecule has 1 aromatic carbocycles. The minimum Gasteiger partial charge on any atom is -0.460 e. The van der Waals surface area contributed by atoms with Crippen LogP contribution in [0.5, 0.6) is 0 Å². The van der Waals surface area contributed by atoms with Crippen molar-refractivity contribution in [1.82, 2.24) is 15.0 Å². The minimum atomic E-state index is -0.630. The van der Waals surface area contributed by atoms with Crippen LogP contribution >= 0.6 is 23.4 Å². The zero-order chi connectivity index (χ0) is 23.5. The second kappa shape index (κ2) is 9.80. The predicted octanol–water partition coefficient (Wildman–Crippen LogP) is 4.89. The summed E-state index contributed by atoms with van der Waals surface area (Å²) >= 11 is 7.63. The van der Waals surface area contributed by atoms with Gasteiger partial charge in [0.05, 0.1) is 23.2 Å². The molecule has 2 N–H and O–H groups in total. The van der Waals surface area contributed by atoms with E-state index >= 15 is 0 Å². The molecule has 3 heterocycles. The maximum absolute atomic E-state index is 13.3. The zero-order valence-corrected chi connectivity index (χ0v) is 20.0. The molecule has 4 rings (SSSR count). The molecule has 1 aliphatic rings. The molecule has 0 radical (unpaired) electrons. The molecule has 1 aliphatic heterocycles. The van der Waals surface area contributed by atoms with Gasteiger partial charge < -0.3 is 15.0 Å². The third-order valence-corrected chi connectivity index (χ3v) is 6.44. The van der Waals surface area contributed by atoms with E-state index in [4.69, 9.17) is 16.3 Å². The van der Waals surface area contributed by atoms with Crippen molar-refractivity contribution in [3.05, 3.63) is 92.1 Å². The number of fused-ring (bicyclic) bond motifs is 1. The van der Waals surface area contributed by atoms with Gasteiger partial charge in [0.1, 0.15) is 5.82 Å². The average Bonchev–Trinajstić information content (AvgIpc) is 2.77. The number of ether oxygens (including phenoxy) is 1. The van der Waals surface area contributed by atoms with E-state index in [1.165, 1.54) is 11.8 Å². The number of hydrogen-bond acceptors (Lipinski definition) is 7. The van der Waals surface area contributed by atoms with Crippen LogP contribution in [0.25, 0.3) is 0 Å². The number of aromatic nitrogens is 3. The summed E-state index contributed by atoms with van der Waals surface area (Å²) in [7, 11) is 0. The molecule has 170 valence electrons. The van der Waals surface area contributed by atoms with Crippen LogP contribution in [0.4, 0.5) is 5.82 Å². The number of nitrogens with zero attached hydrogens (tertiary/aromatic N) is 2. The number of rotatable bonds is 6. The first kappa shape index (κ1) is 23.1. The van der Waals surface area contributed by atoms with Crippen LogP contribution in [0.1, 0.15) is 43.4 Å². The Hall–Kier alpha value is -3.10. The van der Waals surface area contributed by atoms with E-state index in [9.17, 15) is 9.59 Å². The first-order chi connectivity index (χ1) is 15.8. The summed E-state index contributed by atoms with van der Waals surface area (Å²) in [5, 5.41) is 4.27. The fraction of sp³-hybridized carbons (Fsp3) is 0.250. The Kier molecular flexibility index (Phi) is 6.85. The van der Waals surface area contributed by atoms with Crippen molar-refractivity contribution in [3.8, 4) is 0 Å². The second-order valence-electron chi connectivity index (χ2n) is 7.84. The van der Waals surface area contributed by atoms with Crippen LogP contribution in [-0.2, 0) is 15.3 Å². The molecule has 2 aromatic heterocycles. The number of benzene rings is 1. The lowest BCUT2D eigenvalue weighted by Crippen LogP contribution is -2.31. The highest BCUT2D eigenvalue weighted by Gasteiger charge is 2.36. The summed E-state index contributed by atoms with van der Waals surface area (Å²) in [5.41, 5.74) is 2.72. The number of carbonyl (C=O) groups is 1. The maximum atomic E-state index is 13.3. The molecule has 1 unspecified atom stereocenters. The van der Waals surface area contributed by atoms with Crippen LogP contribution < -0.4 is 10.9 Å². The SMILES string of the molecule is CC1=C(C(=O)OC(C)C)C(c2ccncc2)c2c(nc(SCc3ccccc3Cl)[nH]c2=O)N1. The smallest absolute Gasteiger partial charge is 0.337 e. The molecule has 0 saturated carbocycles. The third-order valence-electron chi connectivity index (χ3n) is 5.15. The summed E-state index contributed by atoms with van der Waals surface area (Å²) in [4.78, 5) is 37.9. The van der Waals surface area contributed by atoms with E-state index in [1.54, 1.807) is 45.3 Å². The van der Waals surface area contributed by atoms with E-state index in [0.29, 0.717) is 38.6 Å². The van der Waals surface area contributed by atoms with Gasteiger partial charge >= 0.3 is 5.97 Å². The highest BCUT2D eigenvalue weighted by Crippen LogP contribution is 2.40. The van der Waals surface area contributed by atoms with Gasteiger partial charge in [-0.05, 0) is 50.1 Å². The maximum Gasteiger partial charge on any atom is 0.337 e. The van der Waals surface area contributed by atoms with Crippen molar-refractivity contribution in [2.45, 2.75) is 43.7 Å². The number of nitrogens with one attached hydrogen (secondary N) is 2. The fourth-order valence-corrected chi connectivity index (χ4v) is 4.84. The lowest BCUT2D eigenvalue weighted by Gasteiger charge is -2.29. The fourth-order valence-electron chi connectivity index (χ4n) is 3.70. The number of aromatic amines is 1. The minimum absolute atomic E-state index is 0.294. The van der Waals surface area contributed by atoms with Gasteiger partial charge in [-0.15, -0.1) is 0 Å². The van der Waals surface area contributed by atoms with Crippen molar-refractivity contribution in [1.29, 1.82) is 0 Å². The molecule has 0 saturated heterocycles. The van der Waals surface area contributed by atoms with Gasteiger partial charge in [0.2, 0.25) is 0 Å². The van der Waals surface area contributed by atoms with Gasteiger partial charge in [0.15, 0.2) is 5.16 Å². The largest absolute Gasteiger partial charge is 0.460 e. The van der Waals surface area contributed by atoms with Gasteiger partial charge in [-0.1, -0.05) is 41.6 Å². The van der Waals surface area contributed by atoms with E-state index in [0.717, 1.165) is 11.1 Å². The third kappa shape index (κ3) is 4.96. The number of thioether (sulfide) groups is 1. The van der Waals surface area contributed by atoms with Crippen LogP contribution in [0, 0.1) is 0 Å². The molecule has 0 fully saturated rings. The van der Waals surface area contributed by atoms with E-state index < -0.39 is 11.9 Å². The summed E-state index contributed by atoms with van der Waals surface area (Å²) < 4.78 is 5.49. The number of anilines is 1. The van der Waals surface area contributed by atoms with E-state index in [2.05, 4.69) is 20.3 Å². The highest BCUT2D eigenvalue weighted by molar-refractivity contribution is 7.98. The number of H-pyrrole nitrogens is 1. The number of hydrogen-bond donors (Lipinski definition) is 2. The number of pyridine rings is 1. The molecule has 0 amide bonds. The van der Waals surface area contributed by atoms with Gasteiger partial charge in [-0.2, -0.15) is 0 Å². The first-order valence-electron chi connectivity index (χ1n) is 10.4. The Balaban J connectivity index is 1.75. The zero-order valence-electron chi connectivity index (χ0n) is 18.4.